The van der Waals surface area contributed by atoms with E-state index in [4.69, 9.17) is 5.11 Å². The van der Waals surface area contributed by atoms with Crippen molar-refractivity contribution in [1.29, 1.82) is 0 Å². The van der Waals surface area contributed by atoms with Crippen LogP contribution < -0.4 is 0 Å². The summed E-state index contributed by atoms with van der Waals surface area (Å²) in [7, 11) is 0. The predicted octanol–water partition coefficient (Wildman–Crippen LogP) is 1.89. The average Bonchev–Trinajstić information content (AvgIpc) is 2.79. The third-order valence-electron chi connectivity index (χ3n) is 2.21. The number of benzene rings is 1. The standard InChI is InChI=1S/C13H12FN3OS/c1-9-15-13(17-16-9)19-8-11-5-10(3-2-4-18)6-12(14)7-11/h5-7,18H,4,8H2,1H3,(H,15,16,17). The van der Waals surface area contributed by atoms with E-state index >= 15 is 0 Å². The van der Waals surface area contributed by atoms with Gasteiger partial charge in [-0.25, -0.2) is 9.37 Å². The number of thioether (sulfide) groups is 1. The largest absolute Gasteiger partial charge is 0.384 e. The van der Waals surface area contributed by atoms with Gasteiger partial charge in [0.1, 0.15) is 18.2 Å². The molecule has 0 amide bonds. The van der Waals surface area contributed by atoms with Crippen LogP contribution in [0.15, 0.2) is 23.4 Å². The van der Waals surface area contributed by atoms with Crippen molar-refractivity contribution in [3.8, 4) is 11.8 Å². The zero-order valence-corrected chi connectivity index (χ0v) is 11.1. The van der Waals surface area contributed by atoms with Crippen molar-refractivity contribution in [1.82, 2.24) is 15.2 Å². The molecule has 0 aliphatic rings. The molecule has 6 heteroatoms. The minimum absolute atomic E-state index is 0.239. The van der Waals surface area contributed by atoms with E-state index < -0.39 is 0 Å². The molecule has 1 aromatic carbocycles. The van der Waals surface area contributed by atoms with Gasteiger partial charge in [-0.05, 0) is 30.7 Å². The molecular formula is C13H12FN3OS. The molecule has 2 rings (SSSR count). The molecule has 4 nitrogen and oxygen atoms in total. The molecule has 98 valence electrons. The van der Waals surface area contributed by atoms with E-state index in [0.717, 1.165) is 11.4 Å². The van der Waals surface area contributed by atoms with Crippen molar-refractivity contribution in [2.75, 3.05) is 6.61 Å². The Morgan fingerprint density at radius 1 is 1.42 bits per heavy atom. The second kappa shape index (κ2) is 6.36. The quantitative estimate of drug-likeness (QED) is 0.664. The summed E-state index contributed by atoms with van der Waals surface area (Å²) in [5.74, 6) is 6.15. The number of aliphatic hydroxyl groups is 1. The molecule has 0 bridgehead atoms. The molecule has 0 spiro atoms. The highest BCUT2D eigenvalue weighted by molar-refractivity contribution is 7.98. The summed E-state index contributed by atoms with van der Waals surface area (Å²) in [6.45, 7) is 1.58. The van der Waals surface area contributed by atoms with E-state index in [9.17, 15) is 4.39 Å². The van der Waals surface area contributed by atoms with Gasteiger partial charge in [-0.2, -0.15) is 0 Å². The number of hydrogen-bond acceptors (Lipinski definition) is 4. The van der Waals surface area contributed by atoms with Crippen LogP contribution in [0.1, 0.15) is 17.0 Å². The molecule has 0 unspecified atom stereocenters. The van der Waals surface area contributed by atoms with Gasteiger partial charge in [0.25, 0.3) is 0 Å². The van der Waals surface area contributed by atoms with E-state index in [2.05, 4.69) is 27.0 Å². The number of aryl methyl sites for hydroxylation is 1. The fourth-order valence-corrected chi connectivity index (χ4v) is 2.26. The molecule has 2 aromatic rings. The number of aliphatic hydroxyl groups excluding tert-OH is 1. The Balaban J connectivity index is 2.09. The second-order valence-electron chi connectivity index (χ2n) is 3.80. The molecule has 0 saturated carbocycles. The first kappa shape index (κ1) is 13.6. The number of aromatic nitrogens is 3. The third-order valence-corrected chi connectivity index (χ3v) is 3.13. The van der Waals surface area contributed by atoms with Crippen LogP contribution in [0, 0.1) is 24.6 Å². The van der Waals surface area contributed by atoms with Crippen molar-refractivity contribution >= 4 is 11.8 Å². The topological polar surface area (TPSA) is 61.8 Å². The summed E-state index contributed by atoms with van der Waals surface area (Å²) in [4.78, 5) is 4.16. The van der Waals surface area contributed by atoms with E-state index in [1.807, 2.05) is 6.92 Å². The number of aromatic amines is 1. The highest BCUT2D eigenvalue weighted by Gasteiger charge is 2.04. The summed E-state index contributed by atoms with van der Waals surface area (Å²) < 4.78 is 13.4. The summed E-state index contributed by atoms with van der Waals surface area (Å²) in [6.07, 6.45) is 0. The Bertz CT molecular complexity index is 630. The van der Waals surface area contributed by atoms with Crippen LogP contribution in [0.25, 0.3) is 0 Å². The van der Waals surface area contributed by atoms with Crippen LogP contribution in [0.3, 0.4) is 0 Å². The fourth-order valence-electron chi connectivity index (χ4n) is 1.48. The Morgan fingerprint density at radius 2 is 2.26 bits per heavy atom. The number of H-pyrrole nitrogens is 1. The molecule has 0 atom stereocenters. The van der Waals surface area contributed by atoms with Crippen molar-refractivity contribution in [2.24, 2.45) is 0 Å². The van der Waals surface area contributed by atoms with Crippen LogP contribution in [0.4, 0.5) is 4.39 Å². The molecule has 0 aliphatic carbocycles. The van der Waals surface area contributed by atoms with Gasteiger partial charge in [0.05, 0.1) is 0 Å². The maximum absolute atomic E-state index is 13.4. The Labute approximate surface area is 114 Å². The van der Waals surface area contributed by atoms with E-state index in [1.165, 1.54) is 23.9 Å². The number of halogens is 1. The highest BCUT2D eigenvalue weighted by Crippen LogP contribution is 2.20. The maximum Gasteiger partial charge on any atom is 0.208 e. The predicted molar refractivity (Wildman–Crippen MR) is 71.0 cm³/mol. The first-order chi connectivity index (χ1) is 9.17. The van der Waals surface area contributed by atoms with Gasteiger partial charge < -0.3 is 5.11 Å². The van der Waals surface area contributed by atoms with Gasteiger partial charge in [0.2, 0.25) is 5.16 Å². The van der Waals surface area contributed by atoms with Crippen molar-refractivity contribution < 1.29 is 9.50 Å². The number of nitrogens with zero attached hydrogens (tertiary/aromatic N) is 2. The van der Waals surface area contributed by atoms with Crippen molar-refractivity contribution in [2.45, 2.75) is 17.8 Å². The molecule has 0 aliphatic heterocycles. The molecule has 2 N–H and O–H groups in total. The lowest BCUT2D eigenvalue weighted by atomic mass is 10.1. The first-order valence-corrected chi connectivity index (χ1v) is 6.57. The molecule has 1 aromatic heterocycles. The number of nitrogens with one attached hydrogen (secondary N) is 1. The number of rotatable bonds is 3. The zero-order chi connectivity index (χ0) is 13.7. The highest BCUT2D eigenvalue weighted by atomic mass is 32.2. The monoisotopic (exact) mass is 277 g/mol. The van der Waals surface area contributed by atoms with Gasteiger partial charge >= 0.3 is 0 Å². The molecule has 1 heterocycles. The average molecular weight is 277 g/mol. The third kappa shape index (κ3) is 4.09. The summed E-state index contributed by atoms with van der Waals surface area (Å²) >= 11 is 1.42. The molecular weight excluding hydrogens is 265 g/mol. The lowest BCUT2D eigenvalue weighted by Crippen LogP contribution is -1.88. The maximum atomic E-state index is 13.4. The van der Waals surface area contributed by atoms with Gasteiger partial charge in [0.15, 0.2) is 0 Å². The Morgan fingerprint density at radius 3 is 2.95 bits per heavy atom. The fraction of sp³-hybridized carbons (Fsp3) is 0.231. The SMILES string of the molecule is Cc1nc(SCc2cc(F)cc(C#CCO)c2)n[nH]1. The molecule has 0 saturated heterocycles. The molecule has 19 heavy (non-hydrogen) atoms. The lowest BCUT2D eigenvalue weighted by molar-refractivity contribution is 0.350. The van der Waals surface area contributed by atoms with Gasteiger partial charge in [-0.15, -0.1) is 5.10 Å². The Kier molecular flexibility index (Phi) is 4.55. The minimum Gasteiger partial charge on any atom is -0.384 e. The van der Waals surface area contributed by atoms with Gasteiger partial charge in [-0.3, -0.25) is 5.10 Å². The normalized spacial score (nSPS) is 10.1. The van der Waals surface area contributed by atoms with Crippen LogP contribution in [-0.2, 0) is 5.75 Å². The van der Waals surface area contributed by atoms with Crippen molar-refractivity contribution in [3.63, 3.8) is 0 Å². The van der Waals surface area contributed by atoms with Crippen LogP contribution in [0.5, 0.6) is 0 Å². The first-order valence-electron chi connectivity index (χ1n) is 5.58. The minimum atomic E-state index is -0.341. The molecule has 0 fully saturated rings. The summed E-state index contributed by atoms with van der Waals surface area (Å²) in [5.41, 5.74) is 1.35. The lowest BCUT2D eigenvalue weighted by Gasteiger charge is -2.01. The van der Waals surface area contributed by atoms with Gasteiger partial charge in [-0.1, -0.05) is 23.6 Å². The van der Waals surface area contributed by atoms with Crippen molar-refractivity contribution in [3.05, 3.63) is 41.0 Å². The van der Waals surface area contributed by atoms with Crippen LogP contribution in [0.2, 0.25) is 0 Å². The Hall–Kier alpha value is -1.84. The van der Waals surface area contributed by atoms with Crippen LogP contribution in [-0.4, -0.2) is 26.9 Å². The number of hydrogen-bond donors (Lipinski definition) is 2. The molecule has 0 radical (unpaired) electrons. The summed E-state index contributed by atoms with van der Waals surface area (Å²) in [6, 6.07) is 4.59. The smallest absolute Gasteiger partial charge is 0.208 e. The second-order valence-corrected chi connectivity index (χ2v) is 4.74. The summed E-state index contributed by atoms with van der Waals surface area (Å²) in [5, 5.41) is 16.0. The van der Waals surface area contributed by atoms with Crippen LogP contribution >= 0.6 is 11.8 Å². The van der Waals surface area contributed by atoms with E-state index in [0.29, 0.717) is 16.5 Å². The van der Waals surface area contributed by atoms with Gasteiger partial charge in [0, 0.05) is 11.3 Å². The zero-order valence-electron chi connectivity index (χ0n) is 10.3. The van der Waals surface area contributed by atoms with E-state index in [-0.39, 0.29) is 12.4 Å². The van der Waals surface area contributed by atoms with E-state index in [1.54, 1.807) is 6.07 Å².